The van der Waals surface area contributed by atoms with Gasteiger partial charge in [-0.1, -0.05) is 79.6 Å². The minimum absolute atomic E-state index is 0.237. The second-order valence-electron chi connectivity index (χ2n) is 8.08. The van der Waals surface area contributed by atoms with Crippen LogP contribution >= 0.6 is 0 Å². The summed E-state index contributed by atoms with van der Waals surface area (Å²) >= 11 is 0. The molecular weight excluding hydrogens is 444 g/mol. The number of para-hydroxylation sites is 1. The van der Waals surface area contributed by atoms with Crippen LogP contribution in [0.2, 0.25) is 0 Å². The van der Waals surface area contributed by atoms with Crippen molar-refractivity contribution in [2.75, 3.05) is 6.54 Å². The van der Waals surface area contributed by atoms with Gasteiger partial charge in [-0.25, -0.2) is 13.4 Å². The highest BCUT2D eigenvalue weighted by Gasteiger charge is 2.29. The summed E-state index contributed by atoms with van der Waals surface area (Å²) in [6.07, 6.45) is 6.91. The largest absolute Gasteiger partial charge is 0.436 e. The van der Waals surface area contributed by atoms with Gasteiger partial charge in [-0.3, -0.25) is 4.31 Å². The summed E-state index contributed by atoms with van der Waals surface area (Å²) in [4.78, 5) is 4.75. The van der Waals surface area contributed by atoms with Gasteiger partial charge < -0.3 is 4.74 Å². The van der Waals surface area contributed by atoms with Crippen molar-refractivity contribution in [2.45, 2.75) is 31.6 Å². The Kier molecular flexibility index (Phi) is 7.28. The first-order chi connectivity index (χ1) is 16.5. The second kappa shape index (κ2) is 10.5. The van der Waals surface area contributed by atoms with Crippen molar-refractivity contribution in [3.05, 3.63) is 113 Å². The number of benzene rings is 3. The molecule has 0 spiro atoms. The molecule has 1 heterocycles. The van der Waals surface area contributed by atoms with Crippen LogP contribution in [0.4, 0.5) is 0 Å². The Morgan fingerprint density at radius 1 is 0.971 bits per heavy atom. The Morgan fingerprint density at radius 3 is 2.41 bits per heavy atom. The first-order valence-electron chi connectivity index (χ1n) is 11.4. The Bertz CT molecular complexity index is 1330. The maximum Gasteiger partial charge on any atom is 0.264 e. The zero-order valence-corrected chi connectivity index (χ0v) is 20.2. The molecule has 0 radical (unpaired) electrons. The monoisotopic (exact) mass is 472 g/mol. The van der Waals surface area contributed by atoms with Crippen LogP contribution in [0.25, 0.3) is 6.08 Å². The van der Waals surface area contributed by atoms with E-state index in [9.17, 15) is 8.42 Å². The lowest BCUT2D eigenvalue weighted by Gasteiger charge is -2.27. The van der Waals surface area contributed by atoms with Crippen LogP contribution < -0.4 is 4.74 Å². The number of unbranched alkanes of at least 4 members (excludes halogenated alkanes) is 1. The fourth-order valence-electron chi connectivity index (χ4n) is 3.57. The Morgan fingerprint density at radius 2 is 1.68 bits per heavy atom. The molecule has 5 nitrogen and oxygen atoms in total. The van der Waals surface area contributed by atoms with Crippen molar-refractivity contribution < 1.29 is 13.2 Å². The van der Waals surface area contributed by atoms with Crippen LogP contribution in [-0.4, -0.2) is 25.5 Å². The van der Waals surface area contributed by atoms with Crippen LogP contribution in [0.5, 0.6) is 5.75 Å². The third-order valence-electron chi connectivity index (χ3n) is 5.49. The third kappa shape index (κ3) is 5.29. The SMILES string of the molecule is CCCCN(C(/C=C/c1ccccc1)=C1/N=Cc2ccccc2O1)S(=O)(=O)c1ccc(C)cc1. The Labute approximate surface area is 201 Å². The van der Waals surface area contributed by atoms with Gasteiger partial charge in [-0.2, -0.15) is 0 Å². The third-order valence-corrected chi connectivity index (χ3v) is 7.32. The quantitative estimate of drug-likeness (QED) is 0.393. The molecule has 0 bridgehead atoms. The van der Waals surface area contributed by atoms with Gasteiger partial charge in [-0.15, -0.1) is 0 Å². The van der Waals surface area contributed by atoms with Crippen molar-refractivity contribution in [2.24, 2.45) is 4.99 Å². The average Bonchev–Trinajstić information content (AvgIpc) is 2.86. The van der Waals surface area contributed by atoms with Gasteiger partial charge in [0.25, 0.3) is 10.0 Å². The summed E-state index contributed by atoms with van der Waals surface area (Å²) in [5.74, 6) is 0.888. The molecule has 0 amide bonds. The molecule has 0 fully saturated rings. The number of rotatable bonds is 8. The van der Waals surface area contributed by atoms with E-state index >= 15 is 0 Å². The summed E-state index contributed by atoms with van der Waals surface area (Å²) in [7, 11) is -3.85. The summed E-state index contributed by atoms with van der Waals surface area (Å²) < 4.78 is 35.2. The highest BCUT2D eigenvalue weighted by atomic mass is 32.2. The standard InChI is InChI=1S/C28H28N2O3S/c1-3-4-20-30(34(31,32)25-17-14-22(2)15-18-25)26(19-16-23-10-6-5-7-11-23)28-29-21-24-12-8-9-13-27(24)33-28/h5-19,21H,3-4,20H2,1-2H3/b19-16+,28-26-. The minimum Gasteiger partial charge on any atom is -0.436 e. The average molecular weight is 473 g/mol. The predicted molar refractivity (Wildman–Crippen MR) is 137 cm³/mol. The second-order valence-corrected chi connectivity index (χ2v) is 9.94. The highest BCUT2D eigenvalue weighted by molar-refractivity contribution is 7.89. The number of aryl methyl sites for hydroxylation is 1. The topological polar surface area (TPSA) is 59.0 Å². The molecule has 4 rings (SSSR count). The lowest BCUT2D eigenvalue weighted by molar-refractivity contribution is 0.382. The molecule has 0 atom stereocenters. The summed E-state index contributed by atoms with van der Waals surface area (Å²) in [6.45, 7) is 4.28. The van der Waals surface area contributed by atoms with Gasteiger partial charge in [0.1, 0.15) is 11.4 Å². The van der Waals surface area contributed by atoms with Gasteiger partial charge in [0.2, 0.25) is 5.88 Å². The summed E-state index contributed by atoms with van der Waals surface area (Å²) in [6, 6.07) is 24.2. The molecule has 0 saturated carbocycles. The molecule has 0 N–H and O–H groups in total. The zero-order chi connectivity index (χ0) is 24.0. The summed E-state index contributed by atoms with van der Waals surface area (Å²) in [5.41, 5.74) is 3.19. The van der Waals surface area contributed by atoms with E-state index in [1.807, 2.05) is 86.7 Å². The molecule has 1 aliphatic rings. The summed E-state index contributed by atoms with van der Waals surface area (Å²) in [5, 5.41) is 0. The lowest BCUT2D eigenvalue weighted by Crippen LogP contribution is -2.32. The number of sulfonamides is 1. The maximum absolute atomic E-state index is 13.8. The van der Waals surface area contributed by atoms with E-state index in [0.717, 1.165) is 23.1 Å². The van der Waals surface area contributed by atoms with Gasteiger partial charge in [-0.05, 0) is 49.2 Å². The fraction of sp³-hybridized carbons (Fsp3) is 0.179. The van der Waals surface area contributed by atoms with Crippen molar-refractivity contribution in [3.8, 4) is 5.75 Å². The molecule has 3 aromatic carbocycles. The molecule has 0 saturated heterocycles. The molecule has 174 valence electrons. The van der Waals surface area contributed by atoms with Gasteiger partial charge in [0.15, 0.2) is 0 Å². The Hall–Kier alpha value is -3.64. The van der Waals surface area contributed by atoms with Crippen LogP contribution in [0.1, 0.15) is 36.5 Å². The van der Waals surface area contributed by atoms with E-state index in [0.29, 0.717) is 24.4 Å². The molecule has 0 aliphatic carbocycles. The van der Waals surface area contributed by atoms with Crippen molar-refractivity contribution in [1.29, 1.82) is 0 Å². The van der Waals surface area contributed by atoms with E-state index in [1.165, 1.54) is 4.31 Å². The van der Waals surface area contributed by atoms with Crippen LogP contribution in [0.3, 0.4) is 0 Å². The maximum atomic E-state index is 13.8. The number of ether oxygens (including phenoxy) is 1. The van der Waals surface area contributed by atoms with Crippen LogP contribution in [-0.2, 0) is 10.0 Å². The van der Waals surface area contributed by atoms with E-state index in [-0.39, 0.29) is 10.8 Å². The fourth-order valence-corrected chi connectivity index (χ4v) is 5.07. The number of allylic oxidation sites excluding steroid dienone is 1. The van der Waals surface area contributed by atoms with E-state index < -0.39 is 10.0 Å². The molecule has 3 aromatic rings. The normalized spacial score (nSPS) is 14.5. The predicted octanol–water partition coefficient (Wildman–Crippen LogP) is 6.18. The van der Waals surface area contributed by atoms with Crippen molar-refractivity contribution in [1.82, 2.24) is 4.31 Å². The molecule has 0 aromatic heterocycles. The molecule has 6 heteroatoms. The van der Waals surface area contributed by atoms with Crippen molar-refractivity contribution >= 4 is 22.3 Å². The first-order valence-corrected chi connectivity index (χ1v) is 12.8. The number of hydrogen-bond acceptors (Lipinski definition) is 4. The number of aliphatic imine (C=N–C) groups is 1. The van der Waals surface area contributed by atoms with Gasteiger partial charge in [0, 0.05) is 18.3 Å². The minimum atomic E-state index is -3.85. The molecule has 34 heavy (non-hydrogen) atoms. The smallest absolute Gasteiger partial charge is 0.264 e. The van der Waals surface area contributed by atoms with Crippen molar-refractivity contribution in [3.63, 3.8) is 0 Å². The van der Waals surface area contributed by atoms with Crippen LogP contribution in [0.15, 0.2) is 106 Å². The van der Waals surface area contributed by atoms with E-state index in [4.69, 9.17) is 4.74 Å². The van der Waals surface area contributed by atoms with E-state index in [1.54, 1.807) is 24.4 Å². The van der Waals surface area contributed by atoms with Gasteiger partial charge >= 0.3 is 0 Å². The number of hydrogen-bond donors (Lipinski definition) is 0. The number of nitrogens with zero attached hydrogens (tertiary/aromatic N) is 2. The zero-order valence-electron chi connectivity index (χ0n) is 19.4. The van der Waals surface area contributed by atoms with Gasteiger partial charge in [0.05, 0.1) is 4.90 Å². The highest BCUT2D eigenvalue weighted by Crippen LogP contribution is 2.30. The Balaban J connectivity index is 1.85. The lowest BCUT2D eigenvalue weighted by atomic mass is 10.2. The number of fused-ring (bicyclic) bond motifs is 1. The molecule has 0 unspecified atom stereocenters. The molecular formula is C28H28N2O3S. The van der Waals surface area contributed by atoms with Crippen LogP contribution in [0, 0.1) is 6.92 Å². The first kappa shape index (κ1) is 23.5. The van der Waals surface area contributed by atoms with E-state index in [2.05, 4.69) is 4.99 Å². The molecule has 1 aliphatic heterocycles.